The Bertz CT molecular complexity index is 436. The molecule has 0 aliphatic heterocycles. The number of benzene rings is 1. The van der Waals surface area contributed by atoms with Crippen LogP contribution in [0.5, 0.6) is 5.75 Å². The lowest BCUT2D eigenvalue weighted by atomic mass is 9.79. The van der Waals surface area contributed by atoms with Gasteiger partial charge in [0.15, 0.2) is 0 Å². The predicted octanol–water partition coefficient (Wildman–Crippen LogP) is 3.01. The Morgan fingerprint density at radius 3 is 2.47 bits per heavy atom. The number of thioether (sulfide) groups is 1. The van der Waals surface area contributed by atoms with Gasteiger partial charge in [-0.05, 0) is 36.8 Å². The number of carbonyl (C=O) groups is 1. The molecule has 0 aromatic heterocycles. The minimum atomic E-state index is -0.783. The Morgan fingerprint density at radius 2 is 2.00 bits per heavy atom. The molecule has 3 nitrogen and oxygen atoms in total. The molecule has 1 fully saturated rings. The lowest BCUT2D eigenvalue weighted by Crippen LogP contribution is -2.32. The Morgan fingerprint density at radius 1 is 1.35 bits per heavy atom. The summed E-state index contributed by atoms with van der Waals surface area (Å²) in [5.41, 5.74) is -0.0492. The van der Waals surface area contributed by atoms with Crippen molar-refractivity contribution in [3.63, 3.8) is 0 Å². The molecule has 0 atom stereocenters. The van der Waals surface area contributed by atoms with Gasteiger partial charge < -0.3 is 10.2 Å². The number of carboxylic acids is 1. The van der Waals surface area contributed by atoms with Crippen LogP contribution in [0.25, 0.3) is 0 Å². The molecule has 1 aliphatic rings. The molecule has 4 heteroatoms. The van der Waals surface area contributed by atoms with Crippen LogP contribution in [-0.2, 0) is 10.2 Å². The second-order valence-corrected chi connectivity index (χ2v) is 5.33. The van der Waals surface area contributed by atoms with Gasteiger partial charge in [0, 0.05) is 4.90 Å². The van der Waals surface area contributed by atoms with Gasteiger partial charge in [0.25, 0.3) is 0 Å². The van der Waals surface area contributed by atoms with E-state index in [4.69, 9.17) is 0 Å². The SMILES string of the molecule is CSc1ccc(C2(C(=O)O)CCCC2)cc1O. The minimum absolute atomic E-state index is 0.183. The van der Waals surface area contributed by atoms with E-state index in [-0.39, 0.29) is 5.75 Å². The van der Waals surface area contributed by atoms with Gasteiger partial charge in [-0.1, -0.05) is 18.9 Å². The van der Waals surface area contributed by atoms with E-state index in [0.717, 1.165) is 23.3 Å². The van der Waals surface area contributed by atoms with Crippen molar-refractivity contribution < 1.29 is 15.0 Å². The molecular formula is C13H16O3S. The van der Waals surface area contributed by atoms with E-state index in [2.05, 4.69) is 0 Å². The molecule has 17 heavy (non-hydrogen) atoms. The fraction of sp³-hybridized carbons (Fsp3) is 0.462. The summed E-state index contributed by atoms with van der Waals surface area (Å²) in [7, 11) is 0. The fourth-order valence-electron chi connectivity index (χ4n) is 2.59. The molecule has 1 aromatic carbocycles. The van der Waals surface area contributed by atoms with Crippen LogP contribution in [-0.4, -0.2) is 22.4 Å². The third-order valence-electron chi connectivity index (χ3n) is 3.60. The maximum atomic E-state index is 11.5. The van der Waals surface area contributed by atoms with E-state index in [1.807, 2.05) is 12.3 Å². The van der Waals surface area contributed by atoms with E-state index in [1.54, 1.807) is 12.1 Å². The van der Waals surface area contributed by atoms with Gasteiger partial charge in [-0.25, -0.2) is 0 Å². The van der Waals surface area contributed by atoms with Crippen LogP contribution in [0.15, 0.2) is 23.1 Å². The van der Waals surface area contributed by atoms with Crippen LogP contribution in [0.3, 0.4) is 0 Å². The van der Waals surface area contributed by atoms with E-state index >= 15 is 0 Å². The second kappa shape index (κ2) is 4.61. The van der Waals surface area contributed by atoms with Crippen LogP contribution in [0, 0.1) is 0 Å². The van der Waals surface area contributed by atoms with Crippen molar-refractivity contribution in [2.45, 2.75) is 36.0 Å². The molecule has 1 aliphatic carbocycles. The zero-order chi connectivity index (χ0) is 12.5. The van der Waals surface area contributed by atoms with Gasteiger partial charge in [0.05, 0.1) is 5.41 Å². The largest absolute Gasteiger partial charge is 0.507 e. The van der Waals surface area contributed by atoms with Crippen molar-refractivity contribution in [2.75, 3.05) is 6.26 Å². The number of hydrogen-bond acceptors (Lipinski definition) is 3. The van der Waals surface area contributed by atoms with Gasteiger partial charge >= 0.3 is 5.97 Å². The maximum Gasteiger partial charge on any atom is 0.314 e. The number of aromatic hydroxyl groups is 1. The summed E-state index contributed by atoms with van der Waals surface area (Å²) < 4.78 is 0. The highest BCUT2D eigenvalue weighted by Gasteiger charge is 2.43. The topological polar surface area (TPSA) is 57.5 Å². The molecule has 1 aromatic rings. The number of rotatable bonds is 3. The number of aliphatic carboxylic acids is 1. The summed E-state index contributed by atoms with van der Waals surface area (Å²) in [6, 6.07) is 5.26. The van der Waals surface area contributed by atoms with Crippen LogP contribution >= 0.6 is 11.8 Å². The van der Waals surface area contributed by atoms with E-state index < -0.39 is 11.4 Å². The number of carboxylic acid groups (broad SMARTS) is 1. The van der Waals surface area contributed by atoms with E-state index in [1.165, 1.54) is 11.8 Å². The van der Waals surface area contributed by atoms with Crippen molar-refractivity contribution >= 4 is 17.7 Å². The van der Waals surface area contributed by atoms with Gasteiger partial charge in [-0.2, -0.15) is 0 Å². The van der Waals surface area contributed by atoms with Crippen molar-refractivity contribution in [1.29, 1.82) is 0 Å². The normalized spacial score (nSPS) is 18.2. The molecule has 0 saturated heterocycles. The average Bonchev–Trinajstić information content (AvgIpc) is 2.79. The lowest BCUT2D eigenvalue weighted by molar-refractivity contribution is -0.143. The van der Waals surface area contributed by atoms with Crippen LogP contribution in [0.1, 0.15) is 31.2 Å². The van der Waals surface area contributed by atoms with Crippen molar-refractivity contribution in [1.82, 2.24) is 0 Å². The zero-order valence-corrected chi connectivity index (χ0v) is 10.6. The predicted molar refractivity (Wildman–Crippen MR) is 67.7 cm³/mol. The van der Waals surface area contributed by atoms with Gasteiger partial charge in [-0.15, -0.1) is 11.8 Å². The molecule has 0 spiro atoms. The van der Waals surface area contributed by atoms with Gasteiger partial charge in [-0.3, -0.25) is 4.79 Å². The van der Waals surface area contributed by atoms with Crippen molar-refractivity contribution in [3.8, 4) is 5.75 Å². The van der Waals surface area contributed by atoms with Gasteiger partial charge in [0.1, 0.15) is 5.75 Å². The Hall–Kier alpha value is -1.16. The monoisotopic (exact) mass is 252 g/mol. The number of phenols is 1. The molecule has 2 rings (SSSR count). The second-order valence-electron chi connectivity index (χ2n) is 4.48. The highest BCUT2D eigenvalue weighted by atomic mass is 32.2. The third-order valence-corrected chi connectivity index (χ3v) is 4.38. The van der Waals surface area contributed by atoms with Gasteiger partial charge in [0.2, 0.25) is 0 Å². The first-order chi connectivity index (χ1) is 8.10. The third kappa shape index (κ3) is 2.02. The molecule has 0 bridgehead atoms. The standard InChI is InChI=1S/C13H16O3S/c1-17-11-5-4-9(8-10(11)14)13(12(15)16)6-2-3-7-13/h4-5,8,14H,2-3,6-7H2,1H3,(H,15,16). The summed E-state index contributed by atoms with van der Waals surface area (Å²) in [5.74, 6) is -0.589. The Balaban J connectivity index is 2.44. The summed E-state index contributed by atoms with van der Waals surface area (Å²) in [6.07, 6.45) is 5.10. The first kappa shape index (κ1) is 12.3. The maximum absolute atomic E-state index is 11.5. The van der Waals surface area contributed by atoms with Crippen molar-refractivity contribution in [2.24, 2.45) is 0 Å². The zero-order valence-electron chi connectivity index (χ0n) is 9.77. The molecule has 2 N–H and O–H groups in total. The van der Waals surface area contributed by atoms with E-state index in [0.29, 0.717) is 12.8 Å². The van der Waals surface area contributed by atoms with Crippen LogP contribution in [0.4, 0.5) is 0 Å². The fourth-order valence-corrected chi connectivity index (χ4v) is 3.06. The Kier molecular flexibility index (Phi) is 3.33. The number of phenolic OH excluding ortho intramolecular Hbond substituents is 1. The molecular weight excluding hydrogens is 236 g/mol. The number of hydrogen-bond donors (Lipinski definition) is 2. The highest BCUT2D eigenvalue weighted by Crippen LogP contribution is 2.43. The molecule has 1 saturated carbocycles. The van der Waals surface area contributed by atoms with Crippen LogP contribution in [0.2, 0.25) is 0 Å². The summed E-state index contributed by atoms with van der Waals surface area (Å²) in [6.45, 7) is 0. The molecule has 92 valence electrons. The summed E-state index contributed by atoms with van der Waals surface area (Å²) in [4.78, 5) is 12.3. The quantitative estimate of drug-likeness (QED) is 0.812. The van der Waals surface area contributed by atoms with Crippen LogP contribution < -0.4 is 0 Å². The van der Waals surface area contributed by atoms with Crippen molar-refractivity contribution in [3.05, 3.63) is 23.8 Å². The minimum Gasteiger partial charge on any atom is -0.507 e. The molecule has 0 heterocycles. The average molecular weight is 252 g/mol. The first-order valence-electron chi connectivity index (χ1n) is 5.71. The Labute approximate surface area is 105 Å². The summed E-state index contributed by atoms with van der Waals surface area (Å²) in [5, 5.41) is 19.3. The lowest BCUT2D eigenvalue weighted by Gasteiger charge is -2.24. The molecule has 0 amide bonds. The highest BCUT2D eigenvalue weighted by molar-refractivity contribution is 7.98. The summed E-state index contributed by atoms with van der Waals surface area (Å²) >= 11 is 1.46. The smallest absolute Gasteiger partial charge is 0.314 e. The molecule has 0 unspecified atom stereocenters. The first-order valence-corrected chi connectivity index (χ1v) is 6.93. The molecule has 0 radical (unpaired) electrons. The van der Waals surface area contributed by atoms with E-state index in [9.17, 15) is 15.0 Å².